The van der Waals surface area contributed by atoms with E-state index in [1.165, 1.54) is 11.8 Å². The first-order valence-corrected chi connectivity index (χ1v) is 11.4. The molecule has 8 heteroatoms. The monoisotopic (exact) mass is 460 g/mol. The highest BCUT2D eigenvalue weighted by Crippen LogP contribution is 2.27. The number of hydrogen-bond donors (Lipinski definition) is 1. The van der Waals surface area contributed by atoms with Crippen molar-refractivity contribution in [3.63, 3.8) is 0 Å². The number of carbonyl (C=O) groups is 1. The van der Waals surface area contributed by atoms with Crippen molar-refractivity contribution in [2.45, 2.75) is 18.3 Å². The predicted octanol–water partition coefficient (Wildman–Crippen LogP) is 4.94. The molecule has 7 nitrogen and oxygen atoms in total. The molecule has 0 unspecified atom stereocenters. The Hall–Kier alpha value is -3.78. The normalized spacial score (nSPS) is 10.7. The van der Waals surface area contributed by atoms with E-state index in [0.29, 0.717) is 29.0 Å². The number of amides is 1. The zero-order valence-electron chi connectivity index (χ0n) is 18.2. The van der Waals surface area contributed by atoms with Crippen molar-refractivity contribution in [3.05, 3.63) is 85.2 Å². The first-order chi connectivity index (χ1) is 16.2. The highest BCUT2D eigenvalue weighted by atomic mass is 32.2. The van der Waals surface area contributed by atoms with Gasteiger partial charge in [-0.25, -0.2) is 0 Å². The molecular weight excluding hydrogens is 436 g/mol. The van der Waals surface area contributed by atoms with Gasteiger partial charge < -0.3 is 14.8 Å². The second-order valence-corrected chi connectivity index (χ2v) is 8.08. The number of nitrogens with zero attached hydrogens (tertiary/aromatic N) is 3. The smallest absolute Gasteiger partial charge is 0.234 e. The summed E-state index contributed by atoms with van der Waals surface area (Å²) in [5, 5.41) is 14.3. The lowest BCUT2D eigenvalue weighted by molar-refractivity contribution is -0.113. The fraction of sp³-hybridized carbons (Fsp3) is 0.160. The molecule has 0 aliphatic rings. The molecule has 0 aliphatic carbocycles. The predicted molar refractivity (Wildman–Crippen MR) is 131 cm³/mol. The summed E-state index contributed by atoms with van der Waals surface area (Å²) in [5.74, 6) is 1.99. The second kappa shape index (κ2) is 10.7. The number of fused-ring (bicyclic) bond motifs is 1. The average molecular weight is 461 g/mol. The molecule has 1 heterocycles. The molecule has 1 amide bonds. The van der Waals surface area contributed by atoms with Crippen molar-refractivity contribution in [2.24, 2.45) is 0 Å². The Kier molecular flexibility index (Phi) is 7.26. The van der Waals surface area contributed by atoms with Gasteiger partial charge in [0.25, 0.3) is 0 Å². The van der Waals surface area contributed by atoms with Crippen LogP contribution in [0.25, 0.3) is 10.8 Å². The maximum atomic E-state index is 12.5. The molecule has 0 bridgehead atoms. The number of carbonyl (C=O) groups excluding carboxylic acids is 1. The van der Waals surface area contributed by atoms with Gasteiger partial charge in [-0.15, -0.1) is 16.8 Å². The van der Waals surface area contributed by atoms with E-state index >= 15 is 0 Å². The van der Waals surface area contributed by atoms with E-state index in [1.807, 2.05) is 71.3 Å². The molecule has 0 saturated heterocycles. The molecule has 0 saturated carbocycles. The SMILES string of the molecule is C=CCn1c(COc2ccccc2OC)nnc1SCC(=O)Nc1ccc2ccccc2c1. The number of benzene rings is 3. The summed E-state index contributed by atoms with van der Waals surface area (Å²) in [7, 11) is 1.60. The molecule has 0 atom stereocenters. The Morgan fingerprint density at radius 2 is 1.82 bits per heavy atom. The zero-order chi connectivity index (χ0) is 23.0. The number of rotatable bonds is 10. The minimum absolute atomic E-state index is 0.116. The van der Waals surface area contributed by atoms with Gasteiger partial charge in [0, 0.05) is 12.2 Å². The molecule has 3 aromatic carbocycles. The van der Waals surface area contributed by atoms with Crippen molar-refractivity contribution in [1.82, 2.24) is 14.8 Å². The van der Waals surface area contributed by atoms with Crippen LogP contribution in [0.3, 0.4) is 0 Å². The van der Waals surface area contributed by atoms with Crippen LogP contribution < -0.4 is 14.8 Å². The highest BCUT2D eigenvalue weighted by Gasteiger charge is 2.15. The van der Waals surface area contributed by atoms with Crippen LogP contribution in [0, 0.1) is 0 Å². The highest BCUT2D eigenvalue weighted by molar-refractivity contribution is 7.99. The number of anilines is 1. The van der Waals surface area contributed by atoms with E-state index in [9.17, 15) is 4.79 Å². The third-order valence-corrected chi connectivity index (χ3v) is 5.86. The zero-order valence-corrected chi connectivity index (χ0v) is 19.0. The van der Waals surface area contributed by atoms with Crippen molar-refractivity contribution in [3.8, 4) is 11.5 Å². The largest absolute Gasteiger partial charge is 0.493 e. The molecule has 4 aromatic rings. The molecule has 0 fully saturated rings. The lowest BCUT2D eigenvalue weighted by Crippen LogP contribution is -2.15. The van der Waals surface area contributed by atoms with Crippen molar-refractivity contribution in [2.75, 3.05) is 18.2 Å². The summed E-state index contributed by atoms with van der Waals surface area (Å²) in [6, 6.07) is 21.3. The Labute approximate surface area is 196 Å². The van der Waals surface area contributed by atoms with E-state index in [-0.39, 0.29) is 18.3 Å². The maximum absolute atomic E-state index is 12.5. The molecule has 0 spiro atoms. The first-order valence-electron chi connectivity index (χ1n) is 10.4. The van der Waals surface area contributed by atoms with Gasteiger partial charge in [-0.05, 0) is 35.0 Å². The molecule has 0 radical (unpaired) electrons. The Bertz CT molecular complexity index is 1270. The summed E-state index contributed by atoms with van der Waals surface area (Å²) in [6.07, 6.45) is 1.76. The van der Waals surface area contributed by atoms with Crippen LogP contribution in [-0.2, 0) is 17.9 Å². The number of hydrogen-bond acceptors (Lipinski definition) is 6. The Morgan fingerprint density at radius 1 is 1.06 bits per heavy atom. The summed E-state index contributed by atoms with van der Waals surface area (Å²) in [6.45, 7) is 4.53. The van der Waals surface area contributed by atoms with Gasteiger partial charge in [-0.2, -0.15) is 0 Å². The van der Waals surface area contributed by atoms with Crippen molar-refractivity contribution >= 4 is 34.1 Å². The molecule has 0 aliphatic heterocycles. The van der Waals surface area contributed by atoms with E-state index in [0.717, 1.165) is 16.5 Å². The van der Waals surface area contributed by atoms with Crippen molar-refractivity contribution in [1.29, 1.82) is 0 Å². The third-order valence-electron chi connectivity index (χ3n) is 4.90. The minimum atomic E-state index is -0.116. The maximum Gasteiger partial charge on any atom is 0.234 e. The van der Waals surface area contributed by atoms with Gasteiger partial charge in [0.2, 0.25) is 5.91 Å². The van der Waals surface area contributed by atoms with E-state index < -0.39 is 0 Å². The number of methoxy groups -OCH3 is 1. The Morgan fingerprint density at radius 3 is 2.61 bits per heavy atom. The van der Waals surface area contributed by atoms with Crippen LogP contribution in [0.15, 0.2) is 84.5 Å². The van der Waals surface area contributed by atoms with Gasteiger partial charge in [0.05, 0.1) is 12.9 Å². The minimum Gasteiger partial charge on any atom is -0.493 e. The summed E-state index contributed by atoms with van der Waals surface area (Å²) in [5.41, 5.74) is 0.762. The topological polar surface area (TPSA) is 78.3 Å². The van der Waals surface area contributed by atoms with E-state index in [2.05, 4.69) is 22.1 Å². The number of nitrogens with one attached hydrogen (secondary N) is 1. The molecular formula is C25H24N4O3S. The standard InChI is InChI=1S/C25H24N4O3S/c1-3-14-29-23(16-32-22-11-7-6-10-21(22)31-2)27-28-25(29)33-17-24(30)26-20-13-12-18-8-4-5-9-19(18)15-20/h3-13,15H,1,14,16-17H2,2H3,(H,26,30). The van der Waals surface area contributed by atoms with Crippen LogP contribution in [0.5, 0.6) is 11.5 Å². The summed E-state index contributed by atoms with van der Waals surface area (Å²) in [4.78, 5) is 12.5. The first kappa shape index (κ1) is 22.4. The Balaban J connectivity index is 1.39. The lowest BCUT2D eigenvalue weighted by atomic mass is 10.1. The summed E-state index contributed by atoms with van der Waals surface area (Å²) >= 11 is 1.32. The van der Waals surface area contributed by atoms with Crippen LogP contribution >= 0.6 is 11.8 Å². The van der Waals surface area contributed by atoms with Crippen molar-refractivity contribution < 1.29 is 14.3 Å². The summed E-state index contributed by atoms with van der Waals surface area (Å²) < 4.78 is 13.1. The number of ether oxygens (including phenoxy) is 2. The fourth-order valence-electron chi connectivity index (χ4n) is 3.32. The van der Waals surface area contributed by atoms with Crippen LogP contribution in [0.1, 0.15) is 5.82 Å². The quantitative estimate of drug-likeness (QED) is 0.267. The van der Waals surface area contributed by atoms with Crippen LogP contribution in [0.4, 0.5) is 5.69 Å². The van der Waals surface area contributed by atoms with Crippen LogP contribution in [-0.4, -0.2) is 33.5 Å². The van der Waals surface area contributed by atoms with Gasteiger partial charge in [-0.1, -0.05) is 60.3 Å². The number of aromatic nitrogens is 3. The molecule has 33 heavy (non-hydrogen) atoms. The fourth-order valence-corrected chi connectivity index (χ4v) is 4.09. The number of para-hydroxylation sites is 2. The number of thioether (sulfide) groups is 1. The molecule has 1 N–H and O–H groups in total. The van der Waals surface area contributed by atoms with Crippen LogP contribution in [0.2, 0.25) is 0 Å². The third kappa shape index (κ3) is 5.53. The second-order valence-electron chi connectivity index (χ2n) is 7.14. The van der Waals surface area contributed by atoms with Gasteiger partial charge >= 0.3 is 0 Å². The van der Waals surface area contributed by atoms with E-state index in [4.69, 9.17) is 9.47 Å². The van der Waals surface area contributed by atoms with E-state index in [1.54, 1.807) is 13.2 Å². The van der Waals surface area contributed by atoms with Gasteiger partial charge in [0.15, 0.2) is 22.5 Å². The number of allylic oxidation sites excluding steroid dienone is 1. The molecule has 168 valence electrons. The van der Waals surface area contributed by atoms with Gasteiger partial charge in [0.1, 0.15) is 6.61 Å². The molecule has 1 aromatic heterocycles. The molecule has 4 rings (SSSR count). The lowest BCUT2D eigenvalue weighted by Gasteiger charge is -2.11. The van der Waals surface area contributed by atoms with Gasteiger partial charge in [-0.3, -0.25) is 9.36 Å². The average Bonchev–Trinajstić information content (AvgIpc) is 3.23.